The van der Waals surface area contributed by atoms with E-state index in [9.17, 15) is 4.79 Å². The first-order valence-corrected chi connectivity index (χ1v) is 7.83. The van der Waals surface area contributed by atoms with Gasteiger partial charge in [0.1, 0.15) is 5.69 Å². The Hall–Kier alpha value is -3.36. The van der Waals surface area contributed by atoms with Crippen LogP contribution in [0, 0.1) is 0 Å². The van der Waals surface area contributed by atoms with Crippen molar-refractivity contribution in [2.45, 2.75) is 19.8 Å². The fraction of sp³-hybridized carbons (Fsp3) is 0.250. The van der Waals surface area contributed by atoms with Crippen molar-refractivity contribution < 1.29 is 9.53 Å². The zero-order valence-electron chi connectivity index (χ0n) is 13.7. The summed E-state index contributed by atoms with van der Waals surface area (Å²) in [5, 5.41) is 17.4. The topological polar surface area (TPSA) is 100 Å². The van der Waals surface area contributed by atoms with Gasteiger partial charge >= 0.3 is 5.97 Å². The fourth-order valence-corrected chi connectivity index (χ4v) is 2.61. The summed E-state index contributed by atoms with van der Waals surface area (Å²) >= 11 is 0. The third kappa shape index (κ3) is 2.49. The number of aryl methyl sites for hydroxylation is 1. The van der Waals surface area contributed by atoms with Crippen molar-refractivity contribution in [3.63, 3.8) is 0 Å². The highest BCUT2D eigenvalue weighted by Crippen LogP contribution is 2.21. The van der Waals surface area contributed by atoms with Crippen molar-refractivity contribution in [2.24, 2.45) is 0 Å². The molecule has 4 rings (SSSR count). The van der Waals surface area contributed by atoms with Gasteiger partial charge in [0.25, 0.3) is 5.78 Å². The highest BCUT2D eigenvalue weighted by atomic mass is 16.5. The summed E-state index contributed by atoms with van der Waals surface area (Å²) < 4.78 is 8.07. The second-order valence-corrected chi connectivity index (χ2v) is 5.41. The molecule has 0 fully saturated rings. The Balaban J connectivity index is 2.04. The maximum Gasteiger partial charge on any atom is 0.311 e. The lowest BCUT2D eigenvalue weighted by molar-refractivity contribution is -0.139. The van der Waals surface area contributed by atoms with Gasteiger partial charge in [-0.15, -0.1) is 15.3 Å². The van der Waals surface area contributed by atoms with E-state index < -0.39 is 5.97 Å². The number of hydrogen-bond donors (Lipinski definition) is 0. The molecule has 0 radical (unpaired) electrons. The zero-order valence-corrected chi connectivity index (χ0v) is 13.7. The largest absolute Gasteiger partial charge is 0.469 e. The number of para-hydroxylation sites is 1. The number of rotatable bonds is 4. The average Bonchev–Trinajstić information content (AvgIpc) is 3.23. The zero-order chi connectivity index (χ0) is 17.4. The van der Waals surface area contributed by atoms with Gasteiger partial charge in [0.05, 0.1) is 19.2 Å². The number of methoxy groups -OCH3 is 1. The second-order valence-electron chi connectivity index (χ2n) is 5.41. The highest BCUT2D eigenvalue weighted by molar-refractivity contribution is 5.82. The van der Waals surface area contributed by atoms with Crippen LogP contribution < -0.4 is 0 Å². The van der Waals surface area contributed by atoms with E-state index in [1.54, 1.807) is 9.20 Å². The molecule has 9 heteroatoms. The van der Waals surface area contributed by atoms with Crippen LogP contribution in [0.4, 0.5) is 0 Å². The van der Waals surface area contributed by atoms with Crippen LogP contribution >= 0.6 is 0 Å². The van der Waals surface area contributed by atoms with E-state index in [4.69, 9.17) is 4.74 Å². The third-order valence-corrected chi connectivity index (χ3v) is 3.84. The predicted molar refractivity (Wildman–Crippen MR) is 88.3 cm³/mol. The lowest BCUT2D eigenvalue weighted by Gasteiger charge is -2.02. The van der Waals surface area contributed by atoms with Crippen molar-refractivity contribution in [1.82, 2.24) is 34.6 Å². The van der Waals surface area contributed by atoms with Gasteiger partial charge in [0, 0.05) is 6.42 Å². The molecular weight excluding hydrogens is 322 g/mol. The molecule has 0 N–H and O–H groups in total. The minimum Gasteiger partial charge on any atom is -0.469 e. The summed E-state index contributed by atoms with van der Waals surface area (Å²) in [5.74, 6) is 0.664. The molecule has 25 heavy (non-hydrogen) atoms. The Labute approximate surface area is 142 Å². The number of ether oxygens (including phenoxy) is 1. The quantitative estimate of drug-likeness (QED) is 0.515. The Morgan fingerprint density at radius 2 is 1.96 bits per heavy atom. The summed E-state index contributed by atoms with van der Waals surface area (Å²) in [6.45, 7) is 1.97. The van der Waals surface area contributed by atoms with E-state index in [0.29, 0.717) is 34.9 Å². The van der Waals surface area contributed by atoms with Gasteiger partial charge in [-0.3, -0.25) is 4.79 Å². The molecule has 0 bridgehead atoms. The molecule has 3 aromatic heterocycles. The molecule has 0 aliphatic rings. The SMILES string of the molecule is CCc1nc2nnc3c(CC(=O)OC)nn(-c4ccccc4)c3n2n1. The summed E-state index contributed by atoms with van der Waals surface area (Å²) in [4.78, 5) is 16.1. The van der Waals surface area contributed by atoms with Crippen molar-refractivity contribution in [2.75, 3.05) is 7.11 Å². The first kappa shape index (κ1) is 15.2. The van der Waals surface area contributed by atoms with E-state index in [1.165, 1.54) is 7.11 Å². The molecule has 9 nitrogen and oxygen atoms in total. The van der Waals surface area contributed by atoms with Crippen LogP contribution in [-0.2, 0) is 22.4 Å². The van der Waals surface area contributed by atoms with Crippen molar-refractivity contribution >= 4 is 22.9 Å². The van der Waals surface area contributed by atoms with Gasteiger partial charge in [-0.25, -0.2) is 4.68 Å². The van der Waals surface area contributed by atoms with Crippen molar-refractivity contribution in [1.29, 1.82) is 0 Å². The number of carbonyl (C=O) groups is 1. The Bertz CT molecular complexity index is 1070. The van der Waals surface area contributed by atoms with Crippen LogP contribution in [0.1, 0.15) is 18.4 Å². The number of aromatic nitrogens is 7. The molecule has 0 saturated carbocycles. The Morgan fingerprint density at radius 1 is 1.16 bits per heavy atom. The molecule has 0 spiro atoms. The molecule has 126 valence electrons. The van der Waals surface area contributed by atoms with Crippen LogP contribution in [0.3, 0.4) is 0 Å². The first-order valence-electron chi connectivity index (χ1n) is 7.83. The van der Waals surface area contributed by atoms with Gasteiger partial charge in [0.2, 0.25) is 0 Å². The lowest BCUT2D eigenvalue weighted by Crippen LogP contribution is -2.06. The third-order valence-electron chi connectivity index (χ3n) is 3.84. The Morgan fingerprint density at radius 3 is 2.68 bits per heavy atom. The van der Waals surface area contributed by atoms with Gasteiger partial charge in [0.15, 0.2) is 17.0 Å². The van der Waals surface area contributed by atoms with Crippen LogP contribution in [0.2, 0.25) is 0 Å². The Kier molecular flexibility index (Phi) is 3.60. The number of nitrogens with zero attached hydrogens (tertiary/aromatic N) is 7. The van der Waals surface area contributed by atoms with Gasteiger partial charge in [-0.2, -0.15) is 14.6 Å². The van der Waals surface area contributed by atoms with Gasteiger partial charge < -0.3 is 4.74 Å². The van der Waals surface area contributed by atoms with E-state index in [1.807, 2.05) is 37.3 Å². The molecular formula is C16H15N7O2. The molecule has 3 heterocycles. The van der Waals surface area contributed by atoms with E-state index in [2.05, 4.69) is 25.4 Å². The van der Waals surface area contributed by atoms with Crippen LogP contribution in [-0.4, -0.2) is 47.7 Å². The molecule has 0 unspecified atom stereocenters. The maximum absolute atomic E-state index is 11.7. The molecule has 0 aliphatic heterocycles. The minimum atomic E-state index is -0.394. The fourth-order valence-electron chi connectivity index (χ4n) is 2.61. The van der Waals surface area contributed by atoms with Crippen LogP contribution in [0.15, 0.2) is 30.3 Å². The first-order chi connectivity index (χ1) is 12.2. The van der Waals surface area contributed by atoms with Crippen LogP contribution in [0.25, 0.3) is 22.6 Å². The van der Waals surface area contributed by atoms with Crippen LogP contribution in [0.5, 0.6) is 0 Å². The number of hydrogen-bond acceptors (Lipinski definition) is 7. The maximum atomic E-state index is 11.7. The second kappa shape index (κ2) is 5.93. The summed E-state index contributed by atoms with van der Waals surface area (Å²) in [7, 11) is 1.34. The van der Waals surface area contributed by atoms with E-state index >= 15 is 0 Å². The molecule has 0 amide bonds. The standard InChI is InChI=1S/C16H15N7O2/c1-3-12-17-16-19-18-14-11(9-13(24)25-2)20-22(15(14)23(16)21-12)10-7-5-4-6-8-10/h4-8H,3,9H2,1-2H3. The summed E-state index contributed by atoms with van der Waals surface area (Å²) in [6, 6.07) is 9.57. The normalized spacial score (nSPS) is 11.3. The van der Waals surface area contributed by atoms with Crippen molar-refractivity contribution in [3.05, 3.63) is 41.9 Å². The number of fused-ring (bicyclic) bond motifs is 3. The molecule has 0 atom stereocenters. The summed E-state index contributed by atoms with van der Waals surface area (Å²) in [6.07, 6.45) is 0.682. The number of esters is 1. The number of carbonyl (C=O) groups excluding carboxylic acids is 1. The van der Waals surface area contributed by atoms with Crippen molar-refractivity contribution in [3.8, 4) is 5.69 Å². The monoisotopic (exact) mass is 337 g/mol. The number of benzene rings is 1. The van der Waals surface area contributed by atoms with E-state index in [-0.39, 0.29) is 6.42 Å². The molecule has 0 saturated heterocycles. The summed E-state index contributed by atoms with van der Waals surface area (Å²) in [5.41, 5.74) is 2.41. The average molecular weight is 337 g/mol. The molecule has 4 aromatic rings. The van der Waals surface area contributed by atoms with E-state index in [0.717, 1.165) is 5.69 Å². The smallest absolute Gasteiger partial charge is 0.311 e. The molecule has 0 aliphatic carbocycles. The van der Waals surface area contributed by atoms with Gasteiger partial charge in [-0.05, 0) is 12.1 Å². The lowest BCUT2D eigenvalue weighted by atomic mass is 10.3. The minimum absolute atomic E-state index is 0.00233. The van der Waals surface area contributed by atoms with Gasteiger partial charge in [-0.1, -0.05) is 25.1 Å². The highest BCUT2D eigenvalue weighted by Gasteiger charge is 2.21. The predicted octanol–water partition coefficient (Wildman–Crippen LogP) is 1.14. The molecule has 1 aromatic carbocycles.